The Bertz CT molecular complexity index is 750. The molecule has 0 N–H and O–H groups in total. The standard InChI is InChI=1S/C15H10ClNOS/c16-12-3-1-2-10(6-12)7-14(18)11-8-15-13(17-9-11)4-5-19-15/h1-6,8-9H,7H2. The lowest BCUT2D eigenvalue weighted by Crippen LogP contribution is -2.03. The van der Waals surface area contributed by atoms with Crippen molar-refractivity contribution >= 4 is 38.9 Å². The molecule has 0 atom stereocenters. The number of carbonyl (C=O) groups is 1. The number of hydrogen-bond donors (Lipinski definition) is 0. The van der Waals surface area contributed by atoms with Crippen molar-refractivity contribution in [3.63, 3.8) is 0 Å². The van der Waals surface area contributed by atoms with Crippen molar-refractivity contribution < 1.29 is 4.79 Å². The molecule has 1 aromatic carbocycles. The number of hydrogen-bond acceptors (Lipinski definition) is 3. The molecule has 0 saturated carbocycles. The van der Waals surface area contributed by atoms with E-state index in [-0.39, 0.29) is 5.78 Å². The second-order valence-corrected chi connectivity index (χ2v) is 5.64. The number of nitrogens with zero attached hydrogens (tertiary/aromatic N) is 1. The largest absolute Gasteiger partial charge is 0.294 e. The Morgan fingerprint density at radius 1 is 1.26 bits per heavy atom. The van der Waals surface area contributed by atoms with E-state index in [1.165, 1.54) is 0 Å². The van der Waals surface area contributed by atoms with Gasteiger partial charge < -0.3 is 0 Å². The molecule has 19 heavy (non-hydrogen) atoms. The maximum atomic E-state index is 12.2. The van der Waals surface area contributed by atoms with Crippen molar-refractivity contribution in [3.05, 3.63) is 64.1 Å². The molecule has 2 heterocycles. The highest BCUT2D eigenvalue weighted by Gasteiger charge is 2.09. The number of fused-ring (bicyclic) bond motifs is 1. The summed E-state index contributed by atoms with van der Waals surface area (Å²) in [5.74, 6) is 0.0602. The lowest BCUT2D eigenvalue weighted by molar-refractivity contribution is 0.0993. The average molecular weight is 288 g/mol. The van der Waals surface area contributed by atoms with Crippen LogP contribution in [0.25, 0.3) is 10.2 Å². The van der Waals surface area contributed by atoms with Gasteiger partial charge in [-0.25, -0.2) is 0 Å². The quantitative estimate of drug-likeness (QED) is 0.669. The van der Waals surface area contributed by atoms with Gasteiger partial charge in [0.15, 0.2) is 5.78 Å². The molecule has 0 aliphatic carbocycles. The number of pyridine rings is 1. The maximum absolute atomic E-state index is 12.2. The molecule has 0 amide bonds. The van der Waals surface area contributed by atoms with Crippen LogP contribution in [-0.2, 0) is 6.42 Å². The number of carbonyl (C=O) groups excluding carboxylic acids is 1. The molecule has 4 heteroatoms. The summed E-state index contributed by atoms with van der Waals surface area (Å²) >= 11 is 7.51. The summed E-state index contributed by atoms with van der Waals surface area (Å²) in [6.45, 7) is 0. The Balaban J connectivity index is 1.87. The SMILES string of the molecule is O=C(Cc1cccc(Cl)c1)c1cnc2ccsc2c1. The molecule has 2 aromatic heterocycles. The molecule has 0 saturated heterocycles. The predicted molar refractivity (Wildman–Crippen MR) is 79.1 cm³/mol. The van der Waals surface area contributed by atoms with Gasteiger partial charge in [-0.1, -0.05) is 23.7 Å². The normalized spacial score (nSPS) is 10.8. The van der Waals surface area contributed by atoms with Crippen LogP contribution in [-0.4, -0.2) is 10.8 Å². The van der Waals surface area contributed by atoms with Crippen molar-refractivity contribution in [1.82, 2.24) is 4.98 Å². The number of thiophene rings is 1. The topological polar surface area (TPSA) is 30.0 Å². The first-order valence-corrected chi connectivity index (χ1v) is 7.09. The third kappa shape index (κ3) is 2.67. The third-order valence-electron chi connectivity index (χ3n) is 2.88. The van der Waals surface area contributed by atoms with E-state index >= 15 is 0 Å². The summed E-state index contributed by atoms with van der Waals surface area (Å²) < 4.78 is 1.04. The maximum Gasteiger partial charge on any atom is 0.168 e. The lowest BCUT2D eigenvalue weighted by Gasteiger charge is -2.02. The Labute approximate surface area is 119 Å². The predicted octanol–water partition coefficient (Wildman–Crippen LogP) is 4.38. The zero-order chi connectivity index (χ0) is 13.2. The zero-order valence-electron chi connectivity index (χ0n) is 9.97. The van der Waals surface area contributed by atoms with E-state index in [1.54, 1.807) is 23.6 Å². The highest BCUT2D eigenvalue weighted by molar-refractivity contribution is 7.17. The van der Waals surface area contributed by atoms with Crippen LogP contribution in [0.15, 0.2) is 48.0 Å². The first kappa shape index (κ1) is 12.3. The van der Waals surface area contributed by atoms with Crippen molar-refractivity contribution in [3.8, 4) is 0 Å². The van der Waals surface area contributed by atoms with Crippen LogP contribution >= 0.6 is 22.9 Å². The second-order valence-electron chi connectivity index (χ2n) is 4.26. The molecular weight excluding hydrogens is 278 g/mol. The van der Waals surface area contributed by atoms with Crippen molar-refractivity contribution in [2.24, 2.45) is 0 Å². The Kier molecular flexibility index (Phi) is 3.32. The lowest BCUT2D eigenvalue weighted by atomic mass is 10.0. The van der Waals surface area contributed by atoms with Gasteiger partial charge >= 0.3 is 0 Å². The summed E-state index contributed by atoms with van der Waals surface area (Å²) in [7, 11) is 0. The summed E-state index contributed by atoms with van der Waals surface area (Å²) in [6.07, 6.45) is 1.99. The van der Waals surface area contributed by atoms with Crippen LogP contribution in [0, 0.1) is 0 Å². The van der Waals surface area contributed by atoms with E-state index in [1.807, 2.05) is 35.7 Å². The molecule has 0 aliphatic heterocycles. The van der Waals surface area contributed by atoms with Crippen LogP contribution in [0.3, 0.4) is 0 Å². The number of aromatic nitrogens is 1. The first-order chi connectivity index (χ1) is 9.22. The van der Waals surface area contributed by atoms with Crippen molar-refractivity contribution in [2.45, 2.75) is 6.42 Å². The van der Waals surface area contributed by atoms with E-state index in [9.17, 15) is 4.79 Å². The van der Waals surface area contributed by atoms with Gasteiger partial charge in [0, 0.05) is 23.2 Å². The Hall–Kier alpha value is -1.71. The fraction of sp³-hybridized carbons (Fsp3) is 0.0667. The van der Waals surface area contributed by atoms with Crippen molar-refractivity contribution in [1.29, 1.82) is 0 Å². The van der Waals surface area contributed by atoms with Crippen LogP contribution in [0.1, 0.15) is 15.9 Å². The smallest absolute Gasteiger partial charge is 0.168 e. The van der Waals surface area contributed by atoms with Gasteiger partial charge in [0.1, 0.15) is 0 Å². The average Bonchev–Trinajstić information content (AvgIpc) is 2.85. The van der Waals surface area contributed by atoms with Crippen LogP contribution < -0.4 is 0 Å². The highest BCUT2D eigenvalue weighted by Crippen LogP contribution is 2.20. The Morgan fingerprint density at radius 3 is 3.00 bits per heavy atom. The van der Waals surface area contributed by atoms with Crippen LogP contribution in [0.5, 0.6) is 0 Å². The van der Waals surface area contributed by atoms with Gasteiger partial charge in [-0.3, -0.25) is 9.78 Å². The number of halogens is 1. The number of ketones is 1. The molecule has 0 aliphatic rings. The number of Topliss-reactive ketones (excluding diaryl/α,β-unsaturated/α-hetero) is 1. The van der Waals surface area contributed by atoms with Gasteiger partial charge in [-0.05, 0) is 35.2 Å². The summed E-state index contributed by atoms with van der Waals surface area (Å²) in [6, 6.07) is 11.2. The number of rotatable bonds is 3. The molecule has 3 aromatic rings. The molecular formula is C15H10ClNOS. The molecule has 0 spiro atoms. The van der Waals surface area contributed by atoms with E-state index < -0.39 is 0 Å². The summed E-state index contributed by atoms with van der Waals surface area (Å²) in [4.78, 5) is 16.5. The highest BCUT2D eigenvalue weighted by atomic mass is 35.5. The molecule has 0 radical (unpaired) electrons. The molecule has 94 valence electrons. The van der Waals surface area contributed by atoms with E-state index in [0.29, 0.717) is 17.0 Å². The first-order valence-electron chi connectivity index (χ1n) is 5.83. The molecule has 3 rings (SSSR count). The van der Waals surface area contributed by atoms with Crippen molar-refractivity contribution in [2.75, 3.05) is 0 Å². The minimum absolute atomic E-state index is 0.0602. The minimum atomic E-state index is 0.0602. The molecule has 0 fully saturated rings. The second kappa shape index (κ2) is 5.11. The van der Waals surface area contributed by atoms with Gasteiger partial charge in [-0.2, -0.15) is 0 Å². The summed E-state index contributed by atoms with van der Waals surface area (Å²) in [5, 5.41) is 2.63. The fourth-order valence-electron chi connectivity index (χ4n) is 1.93. The van der Waals surface area contributed by atoms with Gasteiger partial charge in [0.2, 0.25) is 0 Å². The Morgan fingerprint density at radius 2 is 2.16 bits per heavy atom. The minimum Gasteiger partial charge on any atom is -0.294 e. The third-order valence-corrected chi connectivity index (χ3v) is 3.97. The van der Waals surface area contributed by atoms with Gasteiger partial charge in [0.05, 0.1) is 10.2 Å². The fourth-order valence-corrected chi connectivity index (χ4v) is 2.93. The van der Waals surface area contributed by atoms with Crippen LogP contribution in [0.2, 0.25) is 5.02 Å². The van der Waals surface area contributed by atoms with E-state index in [4.69, 9.17) is 11.6 Å². The molecule has 0 unspecified atom stereocenters. The monoisotopic (exact) mass is 287 g/mol. The van der Waals surface area contributed by atoms with E-state index in [2.05, 4.69) is 4.98 Å². The van der Waals surface area contributed by atoms with Gasteiger partial charge in [0.25, 0.3) is 0 Å². The zero-order valence-corrected chi connectivity index (χ0v) is 11.5. The van der Waals surface area contributed by atoms with E-state index in [0.717, 1.165) is 15.8 Å². The summed E-state index contributed by atoms with van der Waals surface area (Å²) in [5.41, 5.74) is 2.50. The molecule has 2 nitrogen and oxygen atoms in total. The van der Waals surface area contributed by atoms with Gasteiger partial charge in [-0.15, -0.1) is 11.3 Å². The van der Waals surface area contributed by atoms with Crippen LogP contribution in [0.4, 0.5) is 0 Å². The number of benzene rings is 1. The molecule has 0 bridgehead atoms.